The van der Waals surface area contributed by atoms with Crippen molar-refractivity contribution in [1.82, 2.24) is 10.3 Å². The SMILES string of the molecule is C=C(NCC(C)(C)C)c1nc(C)c(C(F)(F)F)cc1N. The van der Waals surface area contributed by atoms with Crippen molar-refractivity contribution in [3.8, 4) is 0 Å². The number of aromatic nitrogens is 1. The summed E-state index contributed by atoms with van der Waals surface area (Å²) in [6, 6.07) is 0.904. The molecule has 3 nitrogen and oxygen atoms in total. The molecule has 0 unspecified atom stereocenters. The van der Waals surface area contributed by atoms with Gasteiger partial charge in [-0.25, -0.2) is 4.98 Å². The molecule has 20 heavy (non-hydrogen) atoms. The van der Waals surface area contributed by atoms with Gasteiger partial charge in [0.05, 0.1) is 22.6 Å². The van der Waals surface area contributed by atoms with E-state index in [9.17, 15) is 13.2 Å². The van der Waals surface area contributed by atoms with Crippen molar-refractivity contribution >= 4 is 11.4 Å². The van der Waals surface area contributed by atoms with Gasteiger partial charge in [0, 0.05) is 6.54 Å². The molecule has 1 heterocycles. The van der Waals surface area contributed by atoms with Crippen molar-refractivity contribution < 1.29 is 13.2 Å². The van der Waals surface area contributed by atoms with Gasteiger partial charge < -0.3 is 11.1 Å². The molecule has 0 aliphatic carbocycles. The number of hydrogen-bond acceptors (Lipinski definition) is 3. The predicted molar refractivity (Wildman–Crippen MR) is 74.9 cm³/mol. The van der Waals surface area contributed by atoms with Crippen LogP contribution >= 0.6 is 0 Å². The van der Waals surface area contributed by atoms with Crippen molar-refractivity contribution in [2.24, 2.45) is 5.41 Å². The van der Waals surface area contributed by atoms with Gasteiger partial charge >= 0.3 is 6.18 Å². The van der Waals surface area contributed by atoms with E-state index in [2.05, 4.69) is 16.9 Å². The summed E-state index contributed by atoms with van der Waals surface area (Å²) in [5.41, 5.74) is 5.40. The molecule has 0 saturated heterocycles. The number of hydrogen-bond donors (Lipinski definition) is 2. The van der Waals surface area contributed by atoms with Crippen molar-refractivity contribution in [3.63, 3.8) is 0 Å². The van der Waals surface area contributed by atoms with E-state index in [0.29, 0.717) is 12.2 Å². The lowest BCUT2D eigenvalue weighted by molar-refractivity contribution is -0.138. The highest BCUT2D eigenvalue weighted by molar-refractivity contribution is 5.70. The van der Waals surface area contributed by atoms with Gasteiger partial charge in [0.15, 0.2) is 0 Å². The van der Waals surface area contributed by atoms with Gasteiger partial charge in [-0.2, -0.15) is 13.2 Å². The number of nitrogen functional groups attached to an aromatic ring is 1. The van der Waals surface area contributed by atoms with Crippen LogP contribution in [0.4, 0.5) is 18.9 Å². The van der Waals surface area contributed by atoms with Crippen LogP contribution < -0.4 is 11.1 Å². The first-order valence-electron chi connectivity index (χ1n) is 6.19. The second-order valence-electron chi connectivity index (χ2n) is 5.95. The second kappa shape index (κ2) is 5.34. The van der Waals surface area contributed by atoms with E-state index >= 15 is 0 Å². The summed E-state index contributed by atoms with van der Waals surface area (Å²) in [5.74, 6) is 0. The third-order valence-corrected chi connectivity index (χ3v) is 2.67. The number of nitrogens with zero attached hydrogens (tertiary/aromatic N) is 1. The number of rotatable bonds is 3. The number of pyridine rings is 1. The van der Waals surface area contributed by atoms with E-state index < -0.39 is 11.7 Å². The fourth-order valence-corrected chi connectivity index (χ4v) is 1.61. The standard InChI is InChI=1S/C14H20F3N3/c1-8-10(14(15,16)17)6-11(18)12(20-8)9(2)19-7-13(3,4)5/h6,19H,2,7,18H2,1,3-5H3. The first-order valence-corrected chi connectivity index (χ1v) is 6.19. The molecule has 6 heteroatoms. The minimum atomic E-state index is -4.45. The molecule has 0 aliphatic heterocycles. The molecule has 0 aromatic carbocycles. The summed E-state index contributed by atoms with van der Waals surface area (Å²) in [6.07, 6.45) is -4.45. The maximum atomic E-state index is 12.7. The molecule has 0 fully saturated rings. The Hall–Kier alpha value is -1.72. The minimum absolute atomic E-state index is 0.0126. The number of alkyl halides is 3. The molecule has 0 radical (unpaired) electrons. The molecule has 1 rings (SSSR count). The number of halogens is 3. The Morgan fingerprint density at radius 1 is 1.35 bits per heavy atom. The Labute approximate surface area is 117 Å². The molecule has 0 bridgehead atoms. The molecular formula is C14H20F3N3. The Morgan fingerprint density at radius 2 is 1.90 bits per heavy atom. The first kappa shape index (κ1) is 16.3. The van der Waals surface area contributed by atoms with Crippen LogP contribution in [0.2, 0.25) is 0 Å². The Balaban J connectivity index is 3.04. The number of nitrogens with one attached hydrogen (secondary N) is 1. The maximum absolute atomic E-state index is 12.7. The maximum Gasteiger partial charge on any atom is 0.418 e. The number of aryl methyl sites for hydroxylation is 1. The highest BCUT2D eigenvalue weighted by Gasteiger charge is 2.34. The fraction of sp³-hybridized carbons (Fsp3) is 0.500. The molecule has 3 N–H and O–H groups in total. The normalized spacial score (nSPS) is 12.3. The van der Waals surface area contributed by atoms with Crippen LogP contribution in [0.3, 0.4) is 0 Å². The van der Waals surface area contributed by atoms with Crippen LogP contribution in [0, 0.1) is 12.3 Å². The molecule has 112 valence electrons. The topological polar surface area (TPSA) is 50.9 Å². The molecule has 0 spiro atoms. The summed E-state index contributed by atoms with van der Waals surface area (Å²) in [6.45, 7) is 11.8. The molecule has 1 aromatic heterocycles. The summed E-state index contributed by atoms with van der Waals surface area (Å²) >= 11 is 0. The zero-order valence-electron chi connectivity index (χ0n) is 12.2. The average molecular weight is 287 g/mol. The number of anilines is 1. The van der Waals surface area contributed by atoms with Crippen LogP contribution in [0.15, 0.2) is 12.6 Å². The van der Waals surface area contributed by atoms with Gasteiger partial charge in [-0.05, 0) is 18.4 Å². The van der Waals surface area contributed by atoms with Crippen molar-refractivity contribution in [2.75, 3.05) is 12.3 Å². The minimum Gasteiger partial charge on any atom is -0.397 e. The van der Waals surface area contributed by atoms with Crippen LogP contribution in [-0.4, -0.2) is 11.5 Å². The van der Waals surface area contributed by atoms with Crippen LogP contribution in [0.1, 0.15) is 37.7 Å². The lowest BCUT2D eigenvalue weighted by atomic mass is 9.97. The van der Waals surface area contributed by atoms with Crippen molar-refractivity contribution in [2.45, 2.75) is 33.9 Å². The predicted octanol–water partition coefficient (Wildman–Crippen LogP) is 3.60. The van der Waals surface area contributed by atoms with Gasteiger partial charge in [0.1, 0.15) is 5.69 Å². The summed E-state index contributed by atoms with van der Waals surface area (Å²) in [4.78, 5) is 3.93. The van der Waals surface area contributed by atoms with Gasteiger partial charge in [-0.3, -0.25) is 0 Å². The molecular weight excluding hydrogens is 267 g/mol. The van der Waals surface area contributed by atoms with E-state index in [1.54, 1.807) is 0 Å². The smallest absolute Gasteiger partial charge is 0.397 e. The Bertz CT molecular complexity index is 514. The van der Waals surface area contributed by atoms with E-state index in [1.165, 1.54) is 6.92 Å². The largest absolute Gasteiger partial charge is 0.418 e. The van der Waals surface area contributed by atoms with Crippen molar-refractivity contribution in [3.05, 3.63) is 29.6 Å². The van der Waals surface area contributed by atoms with E-state index in [0.717, 1.165) is 6.07 Å². The highest BCUT2D eigenvalue weighted by atomic mass is 19.4. The highest BCUT2D eigenvalue weighted by Crippen LogP contribution is 2.33. The summed E-state index contributed by atoms with van der Waals surface area (Å²) in [7, 11) is 0. The van der Waals surface area contributed by atoms with Crippen molar-refractivity contribution in [1.29, 1.82) is 0 Å². The average Bonchev–Trinajstić information content (AvgIpc) is 2.26. The fourth-order valence-electron chi connectivity index (χ4n) is 1.61. The molecule has 1 aromatic rings. The molecule has 0 aliphatic rings. The van der Waals surface area contributed by atoms with E-state index in [-0.39, 0.29) is 22.5 Å². The first-order chi connectivity index (χ1) is 8.92. The lowest BCUT2D eigenvalue weighted by Gasteiger charge is -2.21. The van der Waals surface area contributed by atoms with E-state index in [4.69, 9.17) is 5.73 Å². The third kappa shape index (κ3) is 4.15. The van der Waals surface area contributed by atoms with E-state index in [1.807, 2.05) is 20.8 Å². The summed E-state index contributed by atoms with van der Waals surface area (Å²) in [5, 5.41) is 3.05. The van der Waals surface area contributed by atoms with Crippen LogP contribution in [0.5, 0.6) is 0 Å². The quantitative estimate of drug-likeness (QED) is 0.893. The zero-order chi connectivity index (χ0) is 15.7. The Morgan fingerprint density at radius 3 is 2.35 bits per heavy atom. The van der Waals surface area contributed by atoms with Gasteiger partial charge in [-0.1, -0.05) is 27.4 Å². The third-order valence-electron chi connectivity index (χ3n) is 2.67. The van der Waals surface area contributed by atoms with Gasteiger partial charge in [0.25, 0.3) is 0 Å². The van der Waals surface area contributed by atoms with Crippen LogP contribution in [-0.2, 0) is 6.18 Å². The Kier molecular flexibility index (Phi) is 4.36. The zero-order valence-corrected chi connectivity index (χ0v) is 12.2. The molecule has 0 atom stereocenters. The van der Waals surface area contributed by atoms with Gasteiger partial charge in [-0.15, -0.1) is 0 Å². The molecule has 0 amide bonds. The monoisotopic (exact) mass is 287 g/mol. The van der Waals surface area contributed by atoms with Crippen LogP contribution in [0.25, 0.3) is 5.70 Å². The number of nitrogens with two attached hydrogens (primary N) is 1. The second-order valence-corrected chi connectivity index (χ2v) is 5.95. The van der Waals surface area contributed by atoms with Gasteiger partial charge in [0.2, 0.25) is 0 Å². The summed E-state index contributed by atoms with van der Waals surface area (Å²) < 4.78 is 38.2. The lowest BCUT2D eigenvalue weighted by Crippen LogP contribution is -2.26. The molecule has 0 saturated carbocycles.